The Labute approximate surface area is 125 Å². The molecule has 1 aliphatic rings. The molecule has 0 aromatic heterocycles. The molecule has 98 valence electrons. The Morgan fingerprint density at radius 2 is 1.65 bits per heavy atom. The van der Waals surface area contributed by atoms with E-state index < -0.39 is 0 Å². The van der Waals surface area contributed by atoms with Crippen LogP contribution in [0.3, 0.4) is 0 Å². The highest BCUT2D eigenvalue weighted by atomic mass is 79.9. The van der Waals surface area contributed by atoms with E-state index in [0.717, 1.165) is 15.6 Å². The third kappa shape index (κ3) is 2.73. The van der Waals surface area contributed by atoms with Crippen molar-refractivity contribution in [2.75, 3.05) is 0 Å². The number of ether oxygens (including phenoxy) is 1. The molecule has 0 unspecified atom stereocenters. The van der Waals surface area contributed by atoms with Gasteiger partial charge in [0.05, 0.1) is 0 Å². The highest BCUT2D eigenvalue weighted by Crippen LogP contribution is 2.28. The summed E-state index contributed by atoms with van der Waals surface area (Å²) in [5, 5.41) is 0. The maximum Gasteiger partial charge on any atom is 0.224 e. The monoisotopic (exact) mass is 326 g/mol. The van der Waals surface area contributed by atoms with E-state index in [2.05, 4.69) is 15.9 Å². The van der Waals surface area contributed by atoms with Gasteiger partial charge < -0.3 is 4.74 Å². The first-order valence-electron chi connectivity index (χ1n) is 6.19. The minimum atomic E-state index is -0.105. The van der Waals surface area contributed by atoms with E-state index in [1.807, 2.05) is 54.6 Å². The number of rotatable bonds is 2. The number of allylic oxidation sites excluding steroid dienone is 1. The number of carbonyl (C=O) groups excluding carboxylic acids is 1. The number of hydrogen-bond acceptors (Lipinski definition) is 2. The van der Waals surface area contributed by atoms with Gasteiger partial charge in [0.25, 0.3) is 0 Å². The molecule has 0 amide bonds. The van der Waals surface area contributed by atoms with Crippen molar-refractivity contribution in [3.05, 3.63) is 82.0 Å². The zero-order valence-electron chi connectivity index (χ0n) is 10.5. The lowest BCUT2D eigenvalue weighted by Gasteiger charge is -2.04. The molecule has 0 spiro atoms. The van der Waals surface area contributed by atoms with Crippen LogP contribution in [-0.2, 0) is 9.53 Å². The van der Waals surface area contributed by atoms with Gasteiger partial charge in [0, 0.05) is 16.1 Å². The van der Waals surface area contributed by atoms with Crippen LogP contribution in [0.2, 0.25) is 0 Å². The zero-order chi connectivity index (χ0) is 13.9. The number of halogens is 1. The number of ketones is 1. The summed E-state index contributed by atoms with van der Waals surface area (Å²) in [7, 11) is 0. The third-order valence-electron chi connectivity index (χ3n) is 2.95. The Balaban J connectivity index is 1.86. The Bertz CT molecular complexity index is 698. The van der Waals surface area contributed by atoms with Gasteiger partial charge in [-0.2, -0.15) is 0 Å². The number of benzene rings is 2. The second-order valence-electron chi connectivity index (χ2n) is 4.40. The van der Waals surface area contributed by atoms with E-state index in [1.165, 1.54) is 6.08 Å². The van der Waals surface area contributed by atoms with Crippen molar-refractivity contribution in [2.45, 2.75) is 0 Å². The molecule has 2 aromatic rings. The van der Waals surface area contributed by atoms with E-state index in [1.54, 1.807) is 6.08 Å². The van der Waals surface area contributed by atoms with E-state index in [4.69, 9.17) is 4.74 Å². The van der Waals surface area contributed by atoms with Crippen LogP contribution in [0.15, 0.2) is 70.9 Å². The predicted octanol–water partition coefficient (Wildman–Crippen LogP) is 4.43. The molecule has 20 heavy (non-hydrogen) atoms. The Morgan fingerprint density at radius 3 is 2.35 bits per heavy atom. The van der Waals surface area contributed by atoms with Gasteiger partial charge in [0.1, 0.15) is 5.76 Å². The standard InChI is InChI=1S/C17H11BrO2/c18-14-8-6-13(7-9-14)16-11-15(19)17(20-16)10-12-4-2-1-3-5-12/h1-11H/b17-10+. The van der Waals surface area contributed by atoms with Crippen molar-refractivity contribution in [3.63, 3.8) is 0 Å². The van der Waals surface area contributed by atoms with Crippen LogP contribution in [0.4, 0.5) is 0 Å². The van der Waals surface area contributed by atoms with Gasteiger partial charge in [0.2, 0.25) is 5.78 Å². The molecular formula is C17H11BrO2. The molecule has 3 heteroatoms. The SMILES string of the molecule is O=C1C=C(c2ccc(Br)cc2)O/C1=C/c1ccccc1. The average Bonchev–Trinajstić information content (AvgIpc) is 2.82. The van der Waals surface area contributed by atoms with Crippen molar-refractivity contribution in [1.29, 1.82) is 0 Å². The fourth-order valence-electron chi connectivity index (χ4n) is 1.95. The molecule has 1 heterocycles. The fourth-order valence-corrected chi connectivity index (χ4v) is 2.21. The number of hydrogen-bond donors (Lipinski definition) is 0. The summed E-state index contributed by atoms with van der Waals surface area (Å²) in [5.41, 5.74) is 1.83. The summed E-state index contributed by atoms with van der Waals surface area (Å²) in [5.74, 6) is 0.838. The predicted molar refractivity (Wildman–Crippen MR) is 82.6 cm³/mol. The minimum Gasteiger partial charge on any atom is -0.452 e. The van der Waals surface area contributed by atoms with Crippen molar-refractivity contribution in [1.82, 2.24) is 0 Å². The molecule has 0 atom stereocenters. The molecule has 0 saturated carbocycles. The highest BCUT2D eigenvalue weighted by molar-refractivity contribution is 9.10. The first kappa shape index (κ1) is 12.9. The normalized spacial score (nSPS) is 16.1. The van der Waals surface area contributed by atoms with Crippen LogP contribution in [0, 0.1) is 0 Å². The summed E-state index contributed by atoms with van der Waals surface area (Å²) >= 11 is 3.38. The molecule has 0 aliphatic carbocycles. The molecule has 0 radical (unpaired) electrons. The molecule has 1 aliphatic heterocycles. The van der Waals surface area contributed by atoms with Crippen molar-refractivity contribution in [2.24, 2.45) is 0 Å². The second kappa shape index (κ2) is 5.47. The van der Waals surface area contributed by atoms with Gasteiger partial charge in [0.15, 0.2) is 5.76 Å². The minimum absolute atomic E-state index is 0.105. The van der Waals surface area contributed by atoms with E-state index in [-0.39, 0.29) is 5.78 Å². The molecule has 0 bridgehead atoms. The van der Waals surface area contributed by atoms with Gasteiger partial charge in [-0.15, -0.1) is 0 Å². The second-order valence-corrected chi connectivity index (χ2v) is 5.32. The van der Waals surface area contributed by atoms with Crippen molar-refractivity contribution >= 4 is 33.5 Å². The first-order valence-corrected chi connectivity index (χ1v) is 6.98. The van der Waals surface area contributed by atoms with Crippen LogP contribution in [-0.4, -0.2) is 5.78 Å². The molecule has 0 N–H and O–H groups in total. The molecular weight excluding hydrogens is 316 g/mol. The lowest BCUT2D eigenvalue weighted by molar-refractivity contribution is -0.112. The number of carbonyl (C=O) groups is 1. The van der Waals surface area contributed by atoms with Crippen molar-refractivity contribution < 1.29 is 9.53 Å². The Hall–Kier alpha value is -2.13. The quantitative estimate of drug-likeness (QED) is 0.763. The average molecular weight is 327 g/mol. The molecule has 0 saturated heterocycles. The van der Waals surface area contributed by atoms with Crippen LogP contribution in [0.5, 0.6) is 0 Å². The third-order valence-corrected chi connectivity index (χ3v) is 3.48. The Kier molecular flexibility index (Phi) is 3.52. The topological polar surface area (TPSA) is 26.3 Å². The summed E-state index contributed by atoms with van der Waals surface area (Å²) < 4.78 is 6.65. The maximum atomic E-state index is 12.0. The first-order chi connectivity index (χ1) is 9.72. The molecule has 3 rings (SSSR count). The molecule has 2 nitrogen and oxygen atoms in total. The fraction of sp³-hybridized carbons (Fsp3) is 0. The molecule has 0 fully saturated rings. The Morgan fingerprint density at radius 1 is 0.950 bits per heavy atom. The van der Waals surface area contributed by atoms with E-state index in [9.17, 15) is 4.79 Å². The zero-order valence-corrected chi connectivity index (χ0v) is 12.1. The smallest absolute Gasteiger partial charge is 0.224 e. The summed E-state index contributed by atoms with van der Waals surface area (Å²) in [6.45, 7) is 0. The van der Waals surface area contributed by atoms with Gasteiger partial charge in [-0.3, -0.25) is 4.79 Å². The van der Waals surface area contributed by atoms with E-state index >= 15 is 0 Å². The molecule has 2 aromatic carbocycles. The summed E-state index contributed by atoms with van der Waals surface area (Å²) in [6, 6.07) is 17.3. The van der Waals surface area contributed by atoms with Crippen molar-refractivity contribution in [3.8, 4) is 0 Å². The summed E-state index contributed by atoms with van der Waals surface area (Å²) in [6.07, 6.45) is 3.28. The van der Waals surface area contributed by atoms with Gasteiger partial charge in [-0.1, -0.05) is 58.4 Å². The largest absolute Gasteiger partial charge is 0.452 e. The van der Waals surface area contributed by atoms with Gasteiger partial charge in [-0.25, -0.2) is 0 Å². The lowest BCUT2D eigenvalue weighted by atomic mass is 10.1. The maximum absolute atomic E-state index is 12.0. The van der Waals surface area contributed by atoms with Crippen LogP contribution >= 0.6 is 15.9 Å². The van der Waals surface area contributed by atoms with Gasteiger partial charge >= 0.3 is 0 Å². The van der Waals surface area contributed by atoms with Gasteiger partial charge in [-0.05, 0) is 23.8 Å². The lowest BCUT2D eigenvalue weighted by Crippen LogP contribution is -1.92. The highest BCUT2D eigenvalue weighted by Gasteiger charge is 2.21. The van der Waals surface area contributed by atoms with Crippen LogP contribution in [0.1, 0.15) is 11.1 Å². The van der Waals surface area contributed by atoms with E-state index in [0.29, 0.717) is 11.5 Å². The summed E-state index contributed by atoms with van der Waals surface area (Å²) in [4.78, 5) is 12.0. The van der Waals surface area contributed by atoms with Crippen LogP contribution in [0.25, 0.3) is 11.8 Å². The van der Waals surface area contributed by atoms with Crippen LogP contribution < -0.4 is 0 Å².